The molecule has 4 heteroatoms. The van der Waals surface area contributed by atoms with Gasteiger partial charge in [-0.25, -0.2) is 9.78 Å². The number of hydrogen-bond donors (Lipinski definition) is 0. The number of thioether (sulfide) groups is 1. The third kappa shape index (κ3) is 3.00. The molecule has 1 aromatic rings. The van der Waals surface area contributed by atoms with Crippen molar-refractivity contribution in [3.05, 3.63) is 29.6 Å². The minimum Gasteiger partial charge on any atom is -0.461 e. The Morgan fingerprint density at radius 2 is 2.35 bits per heavy atom. The number of pyridine rings is 1. The molecule has 92 valence electrons. The summed E-state index contributed by atoms with van der Waals surface area (Å²) in [6, 6.07) is 3.76. The lowest BCUT2D eigenvalue weighted by Crippen LogP contribution is -2.06. The molecule has 0 radical (unpaired) electrons. The highest BCUT2D eigenvalue weighted by molar-refractivity contribution is 8.00. The Balaban J connectivity index is 1.97. The van der Waals surface area contributed by atoms with Gasteiger partial charge in [-0.15, -0.1) is 0 Å². The molecule has 1 fully saturated rings. The van der Waals surface area contributed by atoms with E-state index < -0.39 is 0 Å². The lowest BCUT2D eigenvalue weighted by atomic mass is 10.2. The number of carbonyl (C=O) groups is 1. The number of hydrogen-bond acceptors (Lipinski definition) is 4. The van der Waals surface area contributed by atoms with E-state index >= 15 is 0 Å². The van der Waals surface area contributed by atoms with Gasteiger partial charge in [0.1, 0.15) is 5.69 Å². The van der Waals surface area contributed by atoms with Crippen LogP contribution in [0.25, 0.3) is 0 Å². The third-order valence-corrected chi connectivity index (χ3v) is 4.09. The van der Waals surface area contributed by atoms with Crippen molar-refractivity contribution in [3.8, 4) is 0 Å². The minimum absolute atomic E-state index is 0.339. The Kier molecular flexibility index (Phi) is 4.05. The monoisotopic (exact) mass is 251 g/mol. The van der Waals surface area contributed by atoms with E-state index in [4.69, 9.17) is 4.74 Å². The molecule has 1 saturated carbocycles. The van der Waals surface area contributed by atoms with Crippen LogP contribution in [0.2, 0.25) is 0 Å². The fourth-order valence-electron chi connectivity index (χ4n) is 1.87. The average Bonchev–Trinajstić information content (AvgIpc) is 3.10. The van der Waals surface area contributed by atoms with Crippen LogP contribution in [0.1, 0.15) is 42.2 Å². The third-order valence-electron chi connectivity index (χ3n) is 2.81. The Morgan fingerprint density at radius 1 is 1.53 bits per heavy atom. The van der Waals surface area contributed by atoms with Crippen molar-refractivity contribution < 1.29 is 9.53 Å². The van der Waals surface area contributed by atoms with Crippen molar-refractivity contribution in [2.45, 2.75) is 31.4 Å². The number of carbonyl (C=O) groups excluding carboxylic acids is 1. The van der Waals surface area contributed by atoms with Gasteiger partial charge in [0.05, 0.1) is 6.61 Å². The first-order chi connectivity index (χ1) is 8.26. The van der Waals surface area contributed by atoms with E-state index in [9.17, 15) is 4.79 Å². The van der Waals surface area contributed by atoms with Gasteiger partial charge in [0.2, 0.25) is 0 Å². The summed E-state index contributed by atoms with van der Waals surface area (Å²) in [5.74, 6) is 1.45. The normalized spacial score (nSPS) is 22.2. The highest BCUT2D eigenvalue weighted by Gasteiger charge is 2.38. The summed E-state index contributed by atoms with van der Waals surface area (Å²) < 4.78 is 4.90. The minimum atomic E-state index is -0.339. The maximum Gasteiger partial charge on any atom is 0.356 e. The van der Waals surface area contributed by atoms with Crippen LogP contribution in [0.5, 0.6) is 0 Å². The van der Waals surface area contributed by atoms with Gasteiger partial charge in [-0.2, -0.15) is 11.8 Å². The highest BCUT2D eigenvalue weighted by atomic mass is 32.2. The van der Waals surface area contributed by atoms with Crippen LogP contribution in [0.3, 0.4) is 0 Å². The maximum atomic E-state index is 11.4. The molecular weight excluding hydrogens is 234 g/mol. The number of rotatable bonds is 5. The van der Waals surface area contributed by atoms with Gasteiger partial charge in [0.25, 0.3) is 0 Å². The molecule has 17 heavy (non-hydrogen) atoms. The van der Waals surface area contributed by atoms with E-state index in [1.165, 1.54) is 12.0 Å². The van der Waals surface area contributed by atoms with Gasteiger partial charge in [-0.3, -0.25) is 0 Å². The van der Waals surface area contributed by atoms with E-state index in [1.54, 1.807) is 13.0 Å². The first-order valence-electron chi connectivity index (χ1n) is 6.01. The second kappa shape index (κ2) is 5.54. The van der Waals surface area contributed by atoms with Crippen molar-refractivity contribution in [2.24, 2.45) is 0 Å². The van der Waals surface area contributed by atoms with Crippen LogP contribution in [0.15, 0.2) is 18.3 Å². The van der Waals surface area contributed by atoms with E-state index in [-0.39, 0.29) is 5.97 Å². The lowest BCUT2D eigenvalue weighted by Gasteiger charge is -2.02. The molecular formula is C13H17NO2S. The number of esters is 1. The van der Waals surface area contributed by atoms with E-state index in [0.717, 1.165) is 11.0 Å². The van der Waals surface area contributed by atoms with Crippen LogP contribution < -0.4 is 0 Å². The van der Waals surface area contributed by atoms with Gasteiger partial charge in [0.15, 0.2) is 0 Å². The largest absolute Gasteiger partial charge is 0.461 e. The number of nitrogens with zero attached hydrogens (tertiary/aromatic N) is 1. The summed E-state index contributed by atoms with van der Waals surface area (Å²) in [7, 11) is 0. The van der Waals surface area contributed by atoms with Gasteiger partial charge in [0, 0.05) is 11.4 Å². The van der Waals surface area contributed by atoms with Crippen LogP contribution >= 0.6 is 11.8 Å². The molecule has 0 bridgehead atoms. The Hall–Kier alpha value is -1.03. The van der Waals surface area contributed by atoms with E-state index in [2.05, 4.69) is 11.9 Å². The van der Waals surface area contributed by atoms with Crippen molar-refractivity contribution in [3.63, 3.8) is 0 Å². The molecule has 1 aliphatic rings. The van der Waals surface area contributed by atoms with Crippen molar-refractivity contribution >= 4 is 17.7 Å². The predicted molar refractivity (Wildman–Crippen MR) is 69.5 cm³/mol. The van der Waals surface area contributed by atoms with Gasteiger partial charge < -0.3 is 4.74 Å². The molecule has 0 amide bonds. The number of aromatic nitrogens is 1. The molecule has 3 nitrogen and oxygen atoms in total. The molecule has 2 unspecified atom stereocenters. The van der Waals surface area contributed by atoms with Crippen molar-refractivity contribution in [2.75, 3.05) is 12.4 Å². The van der Waals surface area contributed by atoms with Crippen LogP contribution in [0.4, 0.5) is 0 Å². The van der Waals surface area contributed by atoms with Gasteiger partial charge in [-0.05, 0) is 36.6 Å². The number of ether oxygens (including phenoxy) is 1. The van der Waals surface area contributed by atoms with E-state index in [1.807, 2.05) is 24.0 Å². The van der Waals surface area contributed by atoms with Crippen molar-refractivity contribution in [1.82, 2.24) is 4.98 Å². The molecule has 2 atom stereocenters. The molecule has 0 spiro atoms. The first-order valence-corrected chi connectivity index (χ1v) is 7.05. The molecule has 1 aromatic heterocycles. The lowest BCUT2D eigenvalue weighted by molar-refractivity contribution is 0.0519. The van der Waals surface area contributed by atoms with Gasteiger partial charge >= 0.3 is 5.97 Å². The molecule has 2 rings (SSSR count). The Morgan fingerprint density at radius 3 is 2.94 bits per heavy atom. The summed E-state index contributed by atoms with van der Waals surface area (Å²) >= 11 is 2.00. The first kappa shape index (κ1) is 12.4. The maximum absolute atomic E-state index is 11.4. The predicted octanol–water partition coefficient (Wildman–Crippen LogP) is 2.87. The summed E-state index contributed by atoms with van der Waals surface area (Å²) in [5.41, 5.74) is 1.64. The van der Waals surface area contributed by atoms with E-state index in [0.29, 0.717) is 18.2 Å². The quantitative estimate of drug-likeness (QED) is 0.754. The summed E-state index contributed by atoms with van der Waals surface area (Å²) in [6.07, 6.45) is 3.05. The summed E-state index contributed by atoms with van der Waals surface area (Å²) in [4.78, 5) is 15.6. The SMILES string of the molecule is CCOC(=O)c1ccc(C2CC2SCC)cn1. The van der Waals surface area contributed by atoms with Crippen LogP contribution in [-0.4, -0.2) is 28.6 Å². The second-order valence-corrected chi connectivity index (χ2v) is 5.55. The highest BCUT2D eigenvalue weighted by Crippen LogP contribution is 2.48. The average molecular weight is 251 g/mol. The zero-order valence-electron chi connectivity index (χ0n) is 10.2. The molecule has 0 N–H and O–H groups in total. The zero-order valence-corrected chi connectivity index (χ0v) is 11.0. The fraction of sp³-hybridized carbons (Fsp3) is 0.538. The van der Waals surface area contributed by atoms with Gasteiger partial charge in [-0.1, -0.05) is 13.0 Å². The molecule has 1 heterocycles. The topological polar surface area (TPSA) is 39.2 Å². The molecule has 0 aliphatic heterocycles. The molecule has 0 saturated heterocycles. The Labute approximate surface area is 106 Å². The molecule has 0 aromatic carbocycles. The van der Waals surface area contributed by atoms with Crippen molar-refractivity contribution in [1.29, 1.82) is 0 Å². The van der Waals surface area contributed by atoms with Crippen LogP contribution in [-0.2, 0) is 4.74 Å². The zero-order chi connectivity index (χ0) is 12.3. The summed E-state index contributed by atoms with van der Waals surface area (Å²) in [6.45, 7) is 4.37. The Bertz CT molecular complexity index is 391. The standard InChI is InChI=1S/C13H17NO2S/c1-3-16-13(15)11-6-5-9(8-14-11)10-7-12(10)17-4-2/h5-6,8,10,12H,3-4,7H2,1-2H3. The smallest absolute Gasteiger partial charge is 0.356 e. The molecule has 1 aliphatic carbocycles. The second-order valence-electron chi connectivity index (χ2n) is 4.03. The van der Waals surface area contributed by atoms with Crippen LogP contribution in [0, 0.1) is 0 Å². The fourth-order valence-corrected chi connectivity index (χ4v) is 3.03. The summed E-state index contributed by atoms with van der Waals surface area (Å²) in [5, 5.41) is 0.746.